The number of nitrogens with zero attached hydrogens (tertiary/aromatic N) is 3. The quantitative estimate of drug-likeness (QED) is 0.434. The van der Waals surface area contributed by atoms with Gasteiger partial charge < -0.3 is 20.6 Å². The maximum atomic E-state index is 12.6. The summed E-state index contributed by atoms with van der Waals surface area (Å²) in [7, 11) is 3.12. The summed E-state index contributed by atoms with van der Waals surface area (Å²) in [4.78, 5) is 12.6. The molecule has 0 saturated carbocycles. The zero-order valence-electron chi connectivity index (χ0n) is 16.0. The van der Waals surface area contributed by atoms with Gasteiger partial charge in [0.1, 0.15) is 11.5 Å². The maximum absolute atomic E-state index is 12.6. The highest BCUT2D eigenvalue weighted by molar-refractivity contribution is 8.00. The molecule has 8 nitrogen and oxygen atoms in total. The van der Waals surface area contributed by atoms with Gasteiger partial charge in [0.2, 0.25) is 11.1 Å². The third-order valence-electron chi connectivity index (χ3n) is 4.08. The lowest BCUT2D eigenvalue weighted by molar-refractivity contribution is -0.115. The second-order valence-electron chi connectivity index (χ2n) is 6.00. The van der Waals surface area contributed by atoms with Gasteiger partial charge in [-0.05, 0) is 49.4 Å². The van der Waals surface area contributed by atoms with Crippen molar-refractivity contribution in [2.75, 3.05) is 25.4 Å². The minimum Gasteiger partial charge on any atom is -0.497 e. The summed E-state index contributed by atoms with van der Waals surface area (Å²) in [5.74, 6) is 7.63. The lowest BCUT2D eigenvalue weighted by Gasteiger charge is -2.14. The Bertz CT molecular complexity index is 1010. The molecule has 1 unspecified atom stereocenters. The minimum atomic E-state index is -0.492. The molecule has 1 aromatic heterocycles. The van der Waals surface area contributed by atoms with Gasteiger partial charge in [0.25, 0.3) is 0 Å². The van der Waals surface area contributed by atoms with Crippen LogP contribution in [-0.2, 0) is 4.79 Å². The number of ether oxygens (including phenoxy) is 2. The summed E-state index contributed by atoms with van der Waals surface area (Å²) in [5, 5.41) is 11.5. The first-order valence-electron chi connectivity index (χ1n) is 8.59. The Hall–Kier alpha value is -2.91. The summed E-state index contributed by atoms with van der Waals surface area (Å²) in [6, 6.07) is 12.3. The van der Waals surface area contributed by atoms with E-state index in [-0.39, 0.29) is 5.91 Å². The van der Waals surface area contributed by atoms with E-state index in [9.17, 15) is 4.79 Å². The molecule has 0 spiro atoms. The Morgan fingerprint density at radius 2 is 1.90 bits per heavy atom. The van der Waals surface area contributed by atoms with Crippen molar-refractivity contribution in [1.82, 2.24) is 14.9 Å². The number of carbonyl (C=O) groups excluding carboxylic acids is 1. The van der Waals surface area contributed by atoms with E-state index in [1.54, 1.807) is 32.2 Å². The van der Waals surface area contributed by atoms with Crippen LogP contribution in [0.1, 0.15) is 6.92 Å². The highest BCUT2D eigenvalue weighted by Gasteiger charge is 2.21. The summed E-state index contributed by atoms with van der Waals surface area (Å²) < 4.78 is 11.8. The first kappa shape index (κ1) is 20.8. The summed E-state index contributed by atoms with van der Waals surface area (Å²) >= 11 is 7.20. The molecule has 0 fully saturated rings. The summed E-state index contributed by atoms with van der Waals surface area (Å²) in [6.45, 7) is 1.75. The number of rotatable bonds is 7. The largest absolute Gasteiger partial charge is 0.497 e. The number of nitrogens with two attached hydrogens (primary N) is 1. The zero-order valence-corrected chi connectivity index (χ0v) is 17.6. The molecule has 0 aliphatic heterocycles. The van der Waals surface area contributed by atoms with Gasteiger partial charge in [-0.2, -0.15) is 0 Å². The van der Waals surface area contributed by atoms with Crippen LogP contribution in [0.3, 0.4) is 0 Å². The molecule has 29 heavy (non-hydrogen) atoms. The van der Waals surface area contributed by atoms with Crippen LogP contribution in [0, 0.1) is 0 Å². The van der Waals surface area contributed by atoms with Crippen molar-refractivity contribution in [3.63, 3.8) is 0 Å². The third kappa shape index (κ3) is 4.75. The second-order valence-corrected chi connectivity index (χ2v) is 7.74. The van der Waals surface area contributed by atoms with Crippen molar-refractivity contribution in [3.8, 4) is 22.9 Å². The molecule has 0 aliphatic rings. The molecule has 0 radical (unpaired) electrons. The molecule has 2 aromatic carbocycles. The molecule has 3 aromatic rings. The van der Waals surface area contributed by atoms with Crippen LogP contribution in [-0.4, -0.2) is 40.3 Å². The van der Waals surface area contributed by atoms with Crippen molar-refractivity contribution in [2.24, 2.45) is 0 Å². The van der Waals surface area contributed by atoms with E-state index in [1.807, 2.05) is 24.3 Å². The molecule has 1 heterocycles. The third-order valence-corrected chi connectivity index (χ3v) is 5.38. The molecule has 0 bridgehead atoms. The lowest BCUT2D eigenvalue weighted by atomic mass is 10.2. The smallest absolute Gasteiger partial charge is 0.237 e. The highest BCUT2D eigenvalue weighted by atomic mass is 35.5. The van der Waals surface area contributed by atoms with Gasteiger partial charge in [0, 0.05) is 10.6 Å². The van der Waals surface area contributed by atoms with E-state index in [0.717, 1.165) is 11.3 Å². The predicted molar refractivity (Wildman–Crippen MR) is 114 cm³/mol. The first-order valence-corrected chi connectivity index (χ1v) is 9.84. The Kier molecular flexibility index (Phi) is 6.50. The highest BCUT2D eigenvalue weighted by Crippen LogP contribution is 2.30. The van der Waals surface area contributed by atoms with E-state index < -0.39 is 5.25 Å². The molecule has 3 N–H and O–H groups in total. The van der Waals surface area contributed by atoms with E-state index in [1.165, 1.54) is 23.5 Å². The van der Waals surface area contributed by atoms with Gasteiger partial charge in [0.05, 0.1) is 25.2 Å². The molecular formula is C19H20ClN5O3S. The van der Waals surface area contributed by atoms with Crippen molar-refractivity contribution in [3.05, 3.63) is 47.5 Å². The monoisotopic (exact) mass is 433 g/mol. The SMILES string of the molecule is COc1ccc(-c2nnc(SC(C)C(=O)Nc3cc(Cl)ccc3OC)n2N)cc1. The Morgan fingerprint density at radius 3 is 2.55 bits per heavy atom. The minimum absolute atomic E-state index is 0.246. The number of methoxy groups -OCH3 is 2. The lowest BCUT2D eigenvalue weighted by Crippen LogP contribution is -2.24. The second kappa shape index (κ2) is 9.06. The molecule has 1 atom stereocenters. The maximum Gasteiger partial charge on any atom is 0.237 e. The van der Waals surface area contributed by atoms with Crippen molar-refractivity contribution in [2.45, 2.75) is 17.3 Å². The number of hydrogen-bond acceptors (Lipinski definition) is 7. The molecule has 0 saturated heterocycles. The fourth-order valence-corrected chi connectivity index (χ4v) is 3.46. The zero-order chi connectivity index (χ0) is 21.0. The molecule has 0 aliphatic carbocycles. The predicted octanol–water partition coefficient (Wildman–Crippen LogP) is 3.45. The number of anilines is 1. The van der Waals surface area contributed by atoms with Crippen molar-refractivity contribution < 1.29 is 14.3 Å². The molecule has 1 amide bonds. The standard InChI is InChI=1S/C19H20ClN5O3S/c1-11(18(26)22-15-10-13(20)6-9-16(15)28-3)29-19-24-23-17(25(19)21)12-4-7-14(27-2)8-5-12/h4-11H,21H2,1-3H3,(H,22,26). The molecular weight excluding hydrogens is 414 g/mol. The normalized spacial score (nSPS) is 11.7. The first-order chi connectivity index (χ1) is 13.9. The summed E-state index contributed by atoms with van der Waals surface area (Å²) in [6.07, 6.45) is 0. The number of thioether (sulfide) groups is 1. The van der Waals surface area contributed by atoms with E-state index in [4.69, 9.17) is 26.9 Å². The molecule has 10 heteroatoms. The van der Waals surface area contributed by atoms with Crippen LogP contribution in [0.4, 0.5) is 5.69 Å². The van der Waals surface area contributed by atoms with Crippen LogP contribution in [0.25, 0.3) is 11.4 Å². The van der Waals surface area contributed by atoms with Crippen molar-refractivity contribution >= 4 is 35.0 Å². The Labute approximate surface area is 177 Å². The topological polar surface area (TPSA) is 104 Å². The average molecular weight is 434 g/mol. The average Bonchev–Trinajstić information content (AvgIpc) is 3.08. The van der Waals surface area contributed by atoms with Crippen LogP contribution in [0.15, 0.2) is 47.6 Å². The van der Waals surface area contributed by atoms with Gasteiger partial charge in [-0.1, -0.05) is 23.4 Å². The van der Waals surface area contributed by atoms with Crippen molar-refractivity contribution in [1.29, 1.82) is 0 Å². The Morgan fingerprint density at radius 1 is 1.17 bits per heavy atom. The van der Waals surface area contributed by atoms with Crippen LogP contribution < -0.4 is 20.6 Å². The number of halogens is 1. The summed E-state index contributed by atoms with van der Waals surface area (Å²) in [5.41, 5.74) is 1.28. The number of benzene rings is 2. The van der Waals surface area contributed by atoms with Gasteiger partial charge in [-0.25, -0.2) is 4.68 Å². The van der Waals surface area contributed by atoms with E-state index in [0.29, 0.717) is 27.4 Å². The molecule has 152 valence electrons. The Balaban J connectivity index is 1.72. The number of nitrogens with one attached hydrogen (secondary N) is 1. The van der Waals surface area contributed by atoms with Gasteiger partial charge in [0.15, 0.2) is 5.82 Å². The number of hydrogen-bond donors (Lipinski definition) is 2. The number of aromatic nitrogens is 3. The van der Waals surface area contributed by atoms with Crippen LogP contribution >= 0.6 is 23.4 Å². The van der Waals surface area contributed by atoms with Crippen LogP contribution in [0.2, 0.25) is 5.02 Å². The van der Waals surface area contributed by atoms with Gasteiger partial charge in [-0.3, -0.25) is 4.79 Å². The number of amides is 1. The van der Waals surface area contributed by atoms with Gasteiger partial charge in [-0.15, -0.1) is 10.2 Å². The fourth-order valence-electron chi connectivity index (χ4n) is 2.52. The van der Waals surface area contributed by atoms with E-state index >= 15 is 0 Å². The van der Waals surface area contributed by atoms with Crippen LogP contribution in [0.5, 0.6) is 11.5 Å². The molecule has 3 rings (SSSR count). The number of carbonyl (C=O) groups is 1. The van der Waals surface area contributed by atoms with Gasteiger partial charge >= 0.3 is 0 Å². The number of nitrogen functional groups attached to an aromatic ring is 1. The fraction of sp³-hybridized carbons (Fsp3) is 0.211. The van der Waals surface area contributed by atoms with E-state index in [2.05, 4.69) is 15.5 Å².